The number of aromatic nitrogens is 3. The number of fused-ring (bicyclic) bond motifs is 1. The zero-order valence-electron chi connectivity index (χ0n) is 14.0. The lowest BCUT2D eigenvalue weighted by atomic mass is 10.1. The molecule has 2 aromatic heterocycles. The number of likely N-dealkylation sites (tertiary alicyclic amines) is 1. The number of rotatable bonds is 5. The van der Waals surface area contributed by atoms with Gasteiger partial charge in [-0.05, 0) is 43.0 Å². The van der Waals surface area contributed by atoms with E-state index in [0.29, 0.717) is 11.5 Å². The summed E-state index contributed by atoms with van der Waals surface area (Å²) in [6, 6.07) is 11.9. The van der Waals surface area contributed by atoms with E-state index < -0.39 is 0 Å². The van der Waals surface area contributed by atoms with Gasteiger partial charge in [0, 0.05) is 36.7 Å². The first kappa shape index (κ1) is 15.6. The first-order valence-corrected chi connectivity index (χ1v) is 8.73. The average Bonchev–Trinajstić information content (AvgIpc) is 3.32. The Kier molecular flexibility index (Phi) is 4.33. The van der Waals surface area contributed by atoms with Crippen molar-refractivity contribution in [2.45, 2.75) is 19.3 Å². The molecule has 1 aromatic carbocycles. The Morgan fingerprint density at radius 1 is 1.12 bits per heavy atom. The molecule has 0 aliphatic carbocycles. The van der Waals surface area contributed by atoms with E-state index in [1.54, 1.807) is 6.07 Å². The van der Waals surface area contributed by atoms with E-state index in [2.05, 4.69) is 44.9 Å². The Labute approximate surface area is 146 Å². The molecule has 1 saturated heterocycles. The standard InChI is InChI=1S/C19H21N5O/c25-19(24-11-3-4-12-24)17-7-8-18(23-22-17)20-10-9-14-13-21-16-6-2-1-5-15(14)16/h1-2,5-8,13,21H,3-4,9-12H2,(H,20,23). The molecule has 1 fully saturated rings. The van der Waals surface area contributed by atoms with Crippen LogP contribution in [0.2, 0.25) is 0 Å². The third-order valence-corrected chi connectivity index (χ3v) is 4.65. The lowest BCUT2D eigenvalue weighted by molar-refractivity contribution is 0.0786. The molecule has 0 bridgehead atoms. The second-order valence-electron chi connectivity index (χ2n) is 6.34. The highest BCUT2D eigenvalue weighted by atomic mass is 16.2. The summed E-state index contributed by atoms with van der Waals surface area (Å²) in [4.78, 5) is 17.4. The summed E-state index contributed by atoms with van der Waals surface area (Å²) in [6.45, 7) is 2.41. The fourth-order valence-electron chi connectivity index (χ4n) is 3.29. The Hall–Kier alpha value is -2.89. The number of hydrogen-bond acceptors (Lipinski definition) is 4. The number of nitrogens with zero attached hydrogens (tertiary/aromatic N) is 3. The molecule has 0 unspecified atom stereocenters. The van der Waals surface area contributed by atoms with Crippen LogP contribution in [0.4, 0.5) is 5.82 Å². The van der Waals surface area contributed by atoms with Gasteiger partial charge in [0.2, 0.25) is 0 Å². The Balaban J connectivity index is 1.34. The van der Waals surface area contributed by atoms with Gasteiger partial charge in [-0.25, -0.2) is 0 Å². The Bertz CT molecular complexity index is 865. The van der Waals surface area contributed by atoms with Gasteiger partial charge in [0.1, 0.15) is 5.82 Å². The summed E-state index contributed by atoms with van der Waals surface area (Å²) in [5, 5.41) is 12.7. The Morgan fingerprint density at radius 2 is 1.96 bits per heavy atom. The maximum atomic E-state index is 12.3. The summed E-state index contributed by atoms with van der Waals surface area (Å²) in [5.41, 5.74) is 2.85. The zero-order valence-corrected chi connectivity index (χ0v) is 14.0. The molecular weight excluding hydrogens is 314 g/mol. The molecule has 25 heavy (non-hydrogen) atoms. The van der Waals surface area contributed by atoms with Crippen molar-refractivity contribution in [3.63, 3.8) is 0 Å². The maximum Gasteiger partial charge on any atom is 0.274 e. The first-order chi connectivity index (χ1) is 12.3. The van der Waals surface area contributed by atoms with Crippen molar-refractivity contribution in [1.82, 2.24) is 20.1 Å². The predicted octanol–water partition coefficient (Wildman–Crippen LogP) is 2.85. The molecule has 4 rings (SSSR count). The zero-order chi connectivity index (χ0) is 17.1. The van der Waals surface area contributed by atoms with Crippen molar-refractivity contribution in [2.75, 3.05) is 25.0 Å². The quantitative estimate of drug-likeness (QED) is 0.752. The lowest BCUT2D eigenvalue weighted by Gasteiger charge is -2.14. The Morgan fingerprint density at radius 3 is 2.76 bits per heavy atom. The van der Waals surface area contributed by atoms with Crippen LogP contribution in [-0.2, 0) is 6.42 Å². The number of amides is 1. The molecule has 2 N–H and O–H groups in total. The van der Waals surface area contributed by atoms with Crippen molar-refractivity contribution in [2.24, 2.45) is 0 Å². The number of nitrogens with one attached hydrogen (secondary N) is 2. The normalized spacial score (nSPS) is 14.2. The lowest BCUT2D eigenvalue weighted by Crippen LogP contribution is -2.28. The summed E-state index contributed by atoms with van der Waals surface area (Å²) in [5.74, 6) is 0.674. The molecule has 128 valence electrons. The highest BCUT2D eigenvalue weighted by molar-refractivity contribution is 5.92. The molecule has 0 radical (unpaired) electrons. The van der Waals surface area contributed by atoms with Crippen LogP contribution in [0.25, 0.3) is 10.9 Å². The van der Waals surface area contributed by atoms with Crippen LogP contribution >= 0.6 is 0 Å². The number of carbonyl (C=O) groups is 1. The van der Waals surface area contributed by atoms with Gasteiger partial charge < -0.3 is 15.2 Å². The van der Waals surface area contributed by atoms with Crippen molar-refractivity contribution in [3.05, 3.63) is 53.9 Å². The molecule has 6 nitrogen and oxygen atoms in total. The van der Waals surface area contributed by atoms with Gasteiger partial charge in [0.15, 0.2) is 5.69 Å². The minimum atomic E-state index is -0.0182. The van der Waals surface area contributed by atoms with E-state index >= 15 is 0 Å². The smallest absolute Gasteiger partial charge is 0.274 e. The molecule has 6 heteroatoms. The van der Waals surface area contributed by atoms with Gasteiger partial charge >= 0.3 is 0 Å². The van der Waals surface area contributed by atoms with Crippen LogP contribution in [-0.4, -0.2) is 45.6 Å². The number of anilines is 1. The largest absolute Gasteiger partial charge is 0.368 e. The fraction of sp³-hybridized carbons (Fsp3) is 0.316. The molecule has 0 saturated carbocycles. The highest BCUT2D eigenvalue weighted by Crippen LogP contribution is 2.18. The van der Waals surface area contributed by atoms with Crippen molar-refractivity contribution < 1.29 is 4.79 Å². The van der Waals surface area contributed by atoms with Gasteiger partial charge in [-0.1, -0.05) is 18.2 Å². The van der Waals surface area contributed by atoms with Crippen LogP contribution in [0.15, 0.2) is 42.6 Å². The number of para-hydroxylation sites is 1. The molecule has 1 aliphatic heterocycles. The third-order valence-electron chi connectivity index (χ3n) is 4.65. The van der Waals surface area contributed by atoms with Gasteiger partial charge in [-0.2, -0.15) is 0 Å². The van der Waals surface area contributed by atoms with Crippen LogP contribution in [0.1, 0.15) is 28.9 Å². The molecular formula is C19H21N5O. The number of benzene rings is 1. The monoisotopic (exact) mass is 335 g/mol. The van der Waals surface area contributed by atoms with E-state index in [0.717, 1.165) is 44.4 Å². The molecule has 0 spiro atoms. The molecule has 1 aliphatic rings. The van der Waals surface area contributed by atoms with Crippen molar-refractivity contribution in [3.8, 4) is 0 Å². The van der Waals surface area contributed by atoms with Crippen LogP contribution in [0.5, 0.6) is 0 Å². The minimum absolute atomic E-state index is 0.0182. The molecule has 1 amide bonds. The summed E-state index contributed by atoms with van der Waals surface area (Å²) in [6.07, 6.45) is 5.09. The topological polar surface area (TPSA) is 73.9 Å². The van der Waals surface area contributed by atoms with Gasteiger partial charge in [0.25, 0.3) is 5.91 Å². The second-order valence-corrected chi connectivity index (χ2v) is 6.34. The average molecular weight is 335 g/mol. The minimum Gasteiger partial charge on any atom is -0.368 e. The number of H-pyrrole nitrogens is 1. The van der Waals surface area contributed by atoms with Crippen molar-refractivity contribution in [1.29, 1.82) is 0 Å². The molecule has 3 aromatic rings. The van der Waals surface area contributed by atoms with Gasteiger partial charge in [-0.3, -0.25) is 4.79 Å². The highest BCUT2D eigenvalue weighted by Gasteiger charge is 2.20. The van der Waals surface area contributed by atoms with Gasteiger partial charge in [0.05, 0.1) is 0 Å². The molecule has 0 atom stereocenters. The van der Waals surface area contributed by atoms with E-state index in [1.807, 2.05) is 17.0 Å². The summed E-state index contributed by atoms with van der Waals surface area (Å²) in [7, 11) is 0. The van der Waals surface area contributed by atoms with Crippen LogP contribution in [0, 0.1) is 0 Å². The molecule has 3 heterocycles. The van der Waals surface area contributed by atoms with E-state index in [1.165, 1.54) is 10.9 Å². The first-order valence-electron chi connectivity index (χ1n) is 8.73. The number of carbonyl (C=O) groups excluding carboxylic acids is 1. The third kappa shape index (κ3) is 3.33. The predicted molar refractivity (Wildman–Crippen MR) is 97.7 cm³/mol. The van der Waals surface area contributed by atoms with E-state index in [-0.39, 0.29) is 5.91 Å². The maximum absolute atomic E-state index is 12.3. The number of hydrogen-bond donors (Lipinski definition) is 2. The number of aromatic amines is 1. The summed E-state index contributed by atoms with van der Waals surface area (Å²) >= 11 is 0. The van der Waals surface area contributed by atoms with Gasteiger partial charge in [-0.15, -0.1) is 10.2 Å². The van der Waals surface area contributed by atoms with E-state index in [4.69, 9.17) is 0 Å². The summed E-state index contributed by atoms with van der Waals surface area (Å²) < 4.78 is 0. The van der Waals surface area contributed by atoms with E-state index in [9.17, 15) is 4.79 Å². The van der Waals surface area contributed by atoms with Crippen molar-refractivity contribution >= 4 is 22.6 Å². The SMILES string of the molecule is O=C(c1ccc(NCCc2c[nH]c3ccccc23)nn1)N1CCCC1. The second kappa shape index (κ2) is 6.93. The fourth-order valence-corrected chi connectivity index (χ4v) is 3.29. The van der Waals surface area contributed by atoms with Crippen LogP contribution in [0.3, 0.4) is 0 Å². The van der Waals surface area contributed by atoms with Crippen LogP contribution < -0.4 is 5.32 Å².